The topological polar surface area (TPSA) is 95.2 Å². The number of hydrogen-bond donors (Lipinski definition) is 2. The molecule has 1 aromatic carbocycles. The van der Waals surface area contributed by atoms with Gasteiger partial charge in [0.05, 0.1) is 11.1 Å². The second-order valence-corrected chi connectivity index (χ2v) is 5.66. The van der Waals surface area contributed by atoms with Crippen LogP contribution < -0.4 is 20.7 Å². The number of nitrogen functional groups attached to an aromatic ring is 1. The molecular formula is C12H13Br2N5O2. The van der Waals surface area contributed by atoms with E-state index < -0.39 is 0 Å². The molecule has 0 amide bonds. The van der Waals surface area contributed by atoms with Crippen LogP contribution in [-0.2, 0) is 0 Å². The predicted octanol–water partition coefficient (Wildman–Crippen LogP) is 3.26. The van der Waals surface area contributed by atoms with E-state index in [1.54, 1.807) is 6.07 Å². The Hall–Kier alpha value is -1.45. The standard InChI is InChI=1S/C12H13Br2N5O2/c1-2-5-20-11-16-10(19-15)17-12(18-11)21-9-4-3-7(13)6-8(9)14/h3-4,6H,2,5,15H2,1H3,(H,16,17,18,19). The average Bonchev–Trinajstić information content (AvgIpc) is 2.48. The molecule has 7 nitrogen and oxygen atoms in total. The van der Waals surface area contributed by atoms with Gasteiger partial charge in [0.15, 0.2) is 0 Å². The van der Waals surface area contributed by atoms with Crippen LogP contribution in [-0.4, -0.2) is 21.6 Å². The van der Waals surface area contributed by atoms with Crippen LogP contribution in [0.1, 0.15) is 13.3 Å². The Bertz CT molecular complexity index is 627. The lowest BCUT2D eigenvalue weighted by atomic mass is 10.3. The van der Waals surface area contributed by atoms with Gasteiger partial charge in [-0.05, 0) is 40.5 Å². The molecule has 21 heavy (non-hydrogen) atoms. The Kier molecular flexibility index (Phi) is 5.71. The summed E-state index contributed by atoms with van der Waals surface area (Å²) in [6.45, 7) is 2.48. The first-order valence-corrected chi connectivity index (χ1v) is 7.69. The molecule has 0 spiro atoms. The van der Waals surface area contributed by atoms with E-state index in [1.807, 2.05) is 19.1 Å². The minimum absolute atomic E-state index is 0.0899. The number of hydrazine groups is 1. The number of halogens is 2. The number of anilines is 1. The van der Waals surface area contributed by atoms with Gasteiger partial charge in [0.1, 0.15) is 5.75 Å². The molecule has 0 aliphatic carbocycles. The van der Waals surface area contributed by atoms with Gasteiger partial charge in [-0.25, -0.2) is 5.84 Å². The zero-order chi connectivity index (χ0) is 15.2. The Labute approximate surface area is 138 Å². The molecule has 9 heteroatoms. The second-order valence-electron chi connectivity index (χ2n) is 3.89. The maximum Gasteiger partial charge on any atom is 0.330 e. The summed E-state index contributed by atoms with van der Waals surface area (Å²) in [6, 6.07) is 5.72. The fraction of sp³-hybridized carbons (Fsp3) is 0.250. The molecule has 112 valence electrons. The van der Waals surface area contributed by atoms with E-state index in [2.05, 4.69) is 52.2 Å². The Morgan fingerprint density at radius 1 is 1.19 bits per heavy atom. The lowest BCUT2D eigenvalue weighted by Gasteiger charge is -2.09. The van der Waals surface area contributed by atoms with Crippen LogP contribution in [0.15, 0.2) is 27.1 Å². The van der Waals surface area contributed by atoms with Crippen molar-refractivity contribution >= 4 is 37.8 Å². The van der Waals surface area contributed by atoms with Crippen molar-refractivity contribution in [2.24, 2.45) is 5.84 Å². The van der Waals surface area contributed by atoms with Gasteiger partial charge in [0.2, 0.25) is 5.95 Å². The summed E-state index contributed by atoms with van der Waals surface area (Å²) in [5.74, 6) is 6.06. The molecule has 0 aliphatic heterocycles. The van der Waals surface area contributed by atoms with Crippen molar-refractivity contribution in [3.05, 3.63) is 27.1 Å². The molecule has 1 aromatic heterocycles. The number of rotatable bonds is 6. The van der Waals surface area contributed by atoms with Gasteiger partial charge in [0.25, 0.3) is 0 Å². The summed E-state index contributed by atoms with van der Waals surface area (Å²) < 4.78 is 12.7. The number of nitrogens with one attached hydrogen (secondary N) is 1. The third-order valence-electron chi connectivity index (χ3n) is 2.25. The lowest BCUT2D eigenvalue weighted by Crippen LogP contribution is -2.13. The third kappa shape index (κ3) is 4.51. The van der Waals surface area contributed by atoms with E-state index in [0.717, 1.165) is 15.4 Å². The fourth-order valence-electron chi connectivity index (χ4n) is 1.36. The Morgan fingerprint density at radius 2 is 1.95 bits per heavy atom. The highest BCUT2D eigenvalue weighted by molar-refractivity contribution is 9.11. The number of nitrogens with two attached hydrogens (primary N) is 1. The van der Waals surface area contributed by atoms with E-state index in [9.17, 15) is 0 Å². The van der Waals surface area contributed by atoms with Crippen molar-refractivity contribution < 1.29 is 9.47 Å². The first kappa shape index (κ1) is 15.9. The zero-order valence-electron chi connectivity index (χ0n) is 11.1. The summed E-state index contributed by atoms with van der Waals surface area (Å²) in [6.07, 6.45) is 0.839. The molecule has 0 bridgehead atoms. The molecule has 1 heterocycles. The molecule has 2 aromatic rings. The van der Waals surface area contributed by atoms with Gasteiger partial charge in [-0.2, -0.15) is 9.97 Å². The van der Waals surface area contributed by atoms with Crippen molar-refractivity contribution in [3.63, 3.8) is 0 Å². The van der Waals surface area contributed by atoms with Crippen molar-refractivity contribution in [3.8, 4) is 17.8 Å². The number of ether oxygens (including phenoxy) is 2. The van der Waals surface area contributed by atoms with Crippen LogP contribution in [0, 0.1) is 0 Å². The summed E-state index contributed by atoms with van der Waals surface area (Å²) in [5, 5.41) is 0. The first-order valence-electron chi connectivity index (χ1n) is 6.10. The molecule has 0 radical (unpaired) electrons. The van der Waals surface area contributed by atoms with Crippen LogP contribution in [0.5, 0.6) is 17.8 Å². The quantitative estimate of drug-likeness (QED) is 0.548. The Balaban J connectivity index is 2.25. The summed E-state index contributed by atoms with van der Waals surface area (Å²) in [5.41, 5.74) is 2.35. The number of nitrogens with zero attached hydrogens (tertiary/aromatic N) is 3. The van der Waals surface area contributed by atoms with Gasteiger partial charge < -0.3 is 9.47 Å². The van der Waals surface area contributed by atoms with Crippen molar-refractivity contribution in [2.45, 2.75) is 13.3 Å². The summed E-state index contributed by atoms with van der Waals surface area (Å²) in [7, 11) is 0. The number of hydrogen-bond acceptors (Lipinski definition) is 7. The monoisotopic (exact) mass is 417 g/mol. The largest absolute Gasteiger partial charge is 0.463 e. The highest BCUT2D eigenvalue weighted by Gasteiger charge is 2.11. The van der Waals surface area contributed by atoms with E-state index in [0.29, 0.717) is 12.4 Å². The van der Waals surface area contributed by atoms with Gasteiger partial charge in [-0.1, -0.05) is 22.9 Å². The van der Waals surface area contributed by atoms with Crippen LogP contribution in [0.25, 0.3) is 0 Å². The van der Waals surface area contributed by atoms with Crippen LogP contribution in [0.4, 0.5) is 5.95 Å². The van der Waals surface area contributed by atoms with Crippen molar-refractivity contribution in [1.82, 2.24) is 15.0 Å². The molecule has 0 fully saturated rings. The van der Waals surface area contributed by atoms with Crippen LogP contribution >= 0.6 is 31.9 Å². The van der Waals surface area contributed by atoms with Crippen LogP contribution in [0.2, 0.25) is 0 Å². The van der Waals surface area contributed by atoms with Crippen molar-refractivity contribution in [2.75, 3.05) is 12.0 Å². The SMILES string of the molecule is CCCOc1nc(NN)nc(Oc2ccc(Br)cc2Br)n1. The molecule has 3 N–H and O–H groups in total. The van der Waals surface area contributed by atoms with Gasteiger partial charge in [-0.3, -0.25) is 5.43 Å². The molecule has 2 rings (SSSR count). The van der Waals surface area contributed by atoms with E-state index in [1.165, 1.54) is 0 Å². The molecule has 0 unspecified atom stereocenters. The zero-order valence-corrected chi connectivity index (χ0v) is 14.3. The van der Waals surface area contributed by atoms with Gasteiger partial charge in [-0.15, -0.1) is 4.98 Å². The van der Waals surface area contributed by atoms with E-state index in [-0.39, 0.29) is 18.0 Å². The molecule has 0 saturated carbocycles. The second kappa shape index (κ2) is 7.53. The molecule has 0 aliphatic rings. The predicted molar refractivity (Wildman–Crippen MR) is 85.3 cm³/mol. The smallest absolute Gasteiger partial charge is 0.330 e. The van der Waals surface area contributed by atoms with Crippen molar-refractivity contribution in [1.29, 1.82) is 0 Å². The highest BCUT2D eigenvalue weighted by atomic mass is 79.9. The minimum atomic E-state index is 0.0899. The number of benzene rings is 1. The number of aromatic nitrogens is 3. The third-order valence-corrected chi connectivity index (χ3v) is 3.37. The maximum absolute atomic E-state index is 5.62. The summed E-state index contributed by atoms with van der Waals surface area (Å²) >= 11 is 6.77. The average molecular weight is 419 g/mol. The fourth-order valence-corrected chi connectivity index (χ4v) is 2.49. The van der Waals surface area contributed by atoms with Crippen LogP contribution in [0.3, 0.4) is 0 Å². The molecular weight excluding hydrogens is 406 g/mol. The highest BCUT2D eigenvalue weighted by Crippen LogP contribution is 2.31. The molecule has 0 atom stereocenters. The van der Waals surface area contributed by atoms with E-state index in [4.69, 9.17) is 15.3 Å². The van der Waals surface area contributed by atoms with Gasteiger partial charge >= 0.3 is 12.0 Å². The summed E-state index contributed by atoms with van der Waals surface area (Å²) in [4.78, 5) is 12.1. The normalized spacial score (nSPS) is 10.3. The molecule has 0 saturated heterocycles. The first-order chi connectivity index (χ1) is 10.1. The minimum Gasteiger partial charge on any atom is -0.463 e. The lowest BCUT2D eigenvalue weighted by molar-refractivity contribution is 0.285. The van der Waals surface area contributed by atoms with E-state index >= 15 is 0 Å². The van der Waals surface area contributed by atoms with Gasteiger partial charge in [0, 0.05) is 4.47 Å². The Morgan fingerprint density at radius 3 is 2.62 bits per heavy atom. The maximum atomic E-state index is 5.62.